The number of hydrogen-bond donors (Lipinski definition) is 1. The van der Waals surface area contributed by atoms with Crippen molar-refractivity contribution in [1.82, 2.24) is 14.9 Å². The number of carbonyl (C=O) groups excluding carboxylic acids is 1. The molecule has 0 aliphatic carbocycles. The molecule has 0 atom stereocenters. The van der Waals surface area contributed by atoms with Crippen LogP contribution in [0.2, 0.25) is 0 Å². The van der Waals surface area contributed by atoms with Gasteiger partial charge in [-0.3, -0.25) is 4.79 Å². The maximum absolute atomic E-state index is 13.3. The summed E-state index contributed by atoms with van der Waals surface area (Å²) in [5, 5.41) is 2.78. The van der Waals surface area contributed by atoms with Crippen LogP contribution in [0.3, 0.4) is 0 Å². The van der Waals surface area contributed by atoms with Crippen LogP contribution >= 0.6 is 0 Å². The van der Waals surface area contributed by atoms with E-state index in [4.69, 9.17) is 0 Å². The number of aromatic nitrogens is 2. The molecule has 1 fully saturated rings. The summed E-state index contributed by atoms with van der Waals surface area (Å²) < 4.78 is 26.3. The van der Waals surface area contributed by atoms with Crippen molar-refractivity contribution in [2.45, 2.75) is 0 Å². The van der Waals surface area contributed by atoms with Crippen LogP contribution in [0.4, 0.5) is 26.1 Å². The number of rotatable bonds is 4. The minimum Gasteiger partial charge on any atom is -0.368 e. The van der Waals surface area contributed by atoms with E-state index in [0.29, 0.717) is 24.3 Å². The van der Waals surface area contributed by atoms with Gasteiger partial charge in [0.25, 0.3) is 5.91 Å². The Morgan fingerprint density at radius 3 is 2.24 bits per heavy atom. The molecule has 0 saturated carbocycles. The van der Waals surface area contributed by atoms with E-state index in [1.165, 1.54) is 18.5 Å². The second-order valence-corrected chi connectivity index (χ2v) is 6.66. The lowest BCUT2D eigenvalue weighted by atomic mass is 10.2. The Balaban J connectivity index is 1.36. The van der Waals surface area contributed by atoms with Gasteiger partial charge < -0.3 is 15.1 Å². The summed E-state index contributed by atoms with van der Waals surface area (Å²) in [6.07, 6.45) is 2.86. The summed E-state index contributed by atoms with van der Waals surface area (Å²) in [6.45, 7) is 2.74. The second kappa shape index (κ2) is 8.22. The standard InChI is InChI=1S/C21H19F2N5O/c22-18-7-6-16(12-19(18)23)26-21-24-13-15(14-25-21)20(29)28-10-8-27(9-11-28)17-4-2-1-3-5-17/h1-7,12-14H,8-11H2,(H,24,25,26). The van der Waals surface area contributed by atoms with E-state index in [2.05, 4.69) is 32.3 Å². The van der Waals surface area contributed by atoms with E-state index >= 15 is 0 Å². The Bertz CT molecular complexity index is 990. The van der Waals surface area contributed by atoms with Crippen molar-refractivity contribution in [3.8, 4) is 0 Å². The number of hydrogen-bond acceptors (Lipinski definition) is 5. The van der Waals surface area contributed by atoms with E-state index in [0.717, 1.165) is 30.9 Å². The highest BCUT2D eigenvalue weighted by atomic mass is 19.2. The second-order valence-electron chi connectivity index (χ2n) is 6.66. The number of nitrogens with zero attached hydrogens (tertiary/aromatic N) is 4. The lowest BCUT2D eigenvalue weighted by molar-refractivity contribution is 0.0746. The molecular formula is C21H19F2N5O. The van der Waals surface area contributed by atoms with E-state index in [1.54, 1.807) is 4.90 Å². The highest BCUT2D eigenvalue weighted by Crippen LogP contribution is 2.18. The minimum atomic E-state index is -0.962. The molecule has 1 aliphatic heterocycles. The SMILES string of the molecule is O=C(c1cnc(Nc2ccc(F)c(F)c2)nc1)N1CCN(c2ccccc2)CC1. The smallest absolute Gasteiger partial charge is 0.257 e. The molecule has 1 amide bonds. The van der Waals surface area contributed by atoms with Crippen LogP contribution in [0.15, 0.2) is 60.9 Å². The first-order valence-corrected chi connectivity index (χ1v) is 9.23. The van der Waals surface area contributed by atoms with E-state index in [-0.39, 0.29) is 11.9 Å². The predicted molar refractivity (Wildman–Crippen MR) is 106 cm³/mol. The Labute approximate surface area is 166 Å². The lowest BCUT2D eigenvalue weighted by Gasteiger charge is -2.36. The molecule has 6 nitrogen and oxygen atoms in total. The van der Waals surface area contributed by atoms with E-state index in [9.17, 15) is 13.6 Å². The lowest BCUT2D eigenvalue weighted by Crippen LogP contribution is -2.48. The van der Waals surface area contributed by atoms with Gasteiger partial charge in [-0.05, 0) is 24.3 Å². The Kier molecular flexibility index (Phi) is 5.33. The average molecular weight is 395 g/mol. The number of carbonyl (C=O) groups is 1. The molecule has 1 saturated heterocycles. The first-order chi connectivity index (χ1) is 14.1. The summed E-state index contributed by atoms with van der Waals surface area (Å²) in [5.74, 6) is -1.82. The van der Waals surface area contributed by atoms with Gasteiger partial charge in [0.05, 0.1) is 5.56 Å². The van der Waals surface area contributed by atoms with E-state index < -0.39 is 11.6 Å². The molecule has 29 heavy (non-hydrogen) atoms. The van der Waals surface area contributed by atoms with Crippen LogP contribution in [0, 0.1) is 11.6 Å². The summed E-state index contributed by atoms with van der Waals surface area (Å²) in [6, 6.07) is 13.5. The molecular weight excluding hydrogens is 376 g/mol. The molecule has 0 unspecified atom stereocenters. The van der Waals surface area contributed by atoms with Crippen LogP contribution in [-0.2, 0) is 0 Å². The highest BCUT2D eigenvalue weighted by molar-refractivity contribution is 5.93. The zero-order chi connectivity index (χ0) is 20.2. The number of benzene rings is 2. The third-order valence-corrected chi connectivity index (χ3v) is 4.76. The fraction of sp³-hybridized carbons (Fsp3) is 0.190. The quantitative estimate of drug-likeness (QED) is 0.733. The van der Waals surface area contributed by atoms with Gasteiger partial charge >= 0.3 is 0 Å². The van der Waals surface area contributed by atoms with Gasteiger partial charge in [-0.2, -0.15) is 0 Å². The van der Waals surface area contributed by atoms with Crippen molar-refractivity contribution in [2.24, 2.45) is 0 Å². The largest absolute Gasteiger partial charge is 0.368 e. The third-order valence-electron chi connectivity index (χ3n) is 4.76. The van der Waals surface area contributed by atoms with Gasteiger partial charge in [-0.15, -0.1) is 0 Å². The molecule has 1 N–H and O–H groups in total. The number of nitrogens with one attached hydrogen (secondary N) is 1. The normalized spacial score (nSPS) is 14.0. The molecule has 2 aromatic carbocycles. The highest BCUT2D eigenvalue weighted by Gasteiger charge is 2.22. The summed E-state index contributed by atoms with van der Waals surface area (Å²) in [5.41, 5.74) is 1.85. The fourth-order valence-electron chi connectivity index (χ4n) is 3.20. The maximum Gasteiger partial charge on any atom is 0.257 e. The molecule has 148 valence electrons. The average Bonchev–Trinajstić information content (AvgIpc) is 2.77. The third kappa shape index (κ3) is 4.31. The Morgan fingerprint density at radius 2 is 1.59 bits per heavy atom. The molecule has 1 aromatic heterocycles. The molecule has 0 bridgehead atoms. The molecule has 8 heteroatoms. The van der Waals surface area contributed by atoms with Crippen molar-refractivity contribution >= 4 is 23.2 Å². The van der Waals surface area contributed by atoms with Crippen molar-refractivity contribution in [3.63, 3.8) is 0 Å². The van der Waals surface area contributed by atoms with Gasteiger partial charge in [-0.1, -0.05) is 18.2 Å². The van der Waals surface area contributed by atoms with Crippen molar-refractivity contribution < 1.29 is 13.6 Å². The predicted octanol–water partition coefficient (Wildman–Crippen LogP) is 3.46. The zero-order valence-corrected chi connectivity index (χ0v) is 15.6. The number of anilines is 3. The number of para-hydroxylation sites is 1. The molecule has 1 aliphatic rings. The van der Waals surface area contributed by atoms with Crippen LogP contribution in [-0.4, -0.2) is 47.0 Å². The van der Waals surface area contributed by atoms with Crippen LogP contribution < -0.4 is 10.2 Å². The Hall–Kier alpha value is -3.55. The first-order valence-electron chi connectivity index (χ1n) is 9.23. The fourth-order valence-corrected chi connectivity index (χ4v) is 3.20. The molecule has 2 heterocycles. The topological polar surface area (TPSA) is 61.4 Å². The molecule has 4 rings (SSSR count). The van der Waals surface area contributed by atoms with Gasteiger partial charge in [0.2, 0.25) is 5.95 Å². The van der Waals surface area contributed by atoms with Gasteiger partial charge in [-0.25, -0.2) is 18.7 Å². The minimum absolute atomic E-state index is 0.128. The number of amides is 1. The summed E-state index contributed by atoms with van der Waals surface area (Å²) >= 11 is 0. The van der Waals surface area contributed by atoms with Crippen molar-refractivity contribution in [2.75, 3.05) is 36.4 Å². The van der Waals surface area contributed by atoms with Crippen LogP contribution in [0.1, 0.15) is 10.4 Å². The van der Waals surface area contributed by atoms with Gasteiger partial charge in [0.1, 0.15) is 0 Å². The van der Waals surface area contributed by atoms with Crippen LogP contribution in [0.25, 0.3) is 0 Å². The zero-order valence-electron chi connectivity index (χ0n) is 15.6. The molecule has 0 radical (unpaired) electrons. The van der Waals surface area contributed by atoms with Crippen molar-refractivity contribution in [1.29, 1.82) is 0 Å². The summed E-state index contributed by atoms with van der Waals surface area (Å²) in [7, 11) is 0. The Morgan fingerprint density at radius 1 is 0.897 bits per heavy atom. The van der Waals surface area contributed by atoms with Crippen LogP contribution in [0.5, 0.6) is 0 Å². The van der Waals surface area contributed by atoms with E-state index in [1.807, 2.05) is 18.2 Å². The monoisotopic (exact) mass is 395 g/mol. The number of halogens is 2. The molecule has 0 spiro atoms. The van der Waals surface area contributed by atoms with Crippen molar-refractivity contribution in [3.05, 3.63) is 78.1 Å². The molecule has 3 aromatic rings. The van der Waals surface area contributed by atoms with Gasteiger partial charge in [0.15, 0.2) is 11.6 Å². The summed E-state index contributed by atoms with van der Waals surface area (Å²) in [4.78, 5) is 25.0. The maximum atomic E-state index is 13.3. The van der Waals surface area contributed by atoms with Gasteiger partial charge in [0, 0.05) is 56.0 Å². The number of piperazine rings is 1. The first kappa shape index (κ1) is 18.8.